The zero-order chi connectivity index (χ0) is 22.2. The first kappa shape index (κ1) is 22.7. The number of aliphatic hydroxyl groups excluding tert-OH is 1. The van der Waals surface area contributed by atoms with Crippen LogP contribution in [0.25, 0.3) is 10.9 Å². The fourth-order valence-electron chi connectivity index (χ4n) is 3.13. The van der Waals surface area contributed by atoms with Gasteiger partial charge in [0.25, 0.3) is 0 Å². The Hall–Kier alpha value is -3.00. The predicted molar refractivity (Wildman–Crippen MR) is 116 cm³/mol. The highest BCUT2D eigenvalue weighted by Crippen LogP contribution is 2.25. The number of carboxylic acid groups (broad SMARTS) is 1. The molecule has 3 atom stereocenters. The summed E-state index contributed by atoms with van der Waals surface area (Å²) in [6, 6.07) is 20.3. The van der Waals surface area contributed by atoms with E-state index in [4.69, 9.17) is 14.2 Å². The molecule has 7 nitrogen and oxygen atoms in total. The summed E-state index contributed by atoms with van der Waals surface area (Å²) in [4.78, 5) is 16.2. The van der Waals surface area contributed by atoms with Crippen LogP contribution in [0, 0.1) is 0 Å². The van der Waals surface area contributed by atoms with E-state index in [2.05, 4.69) is 4.98 Å². The SMILES string of the molecule is CC(C)OC(C(=O)O)C(OCC(O)COc1ccc2ccccc2n1)c1ccccc1. The van der Waals surface area contributed by atoms with Gasteiger partial charge in [-0.25, -0.2) is 9.78 Å². The van der Waals surface area contributed by atoms with Gasteiger partial charge in [-0.2, -0.15) is 0 Å². The molecule has 3 unspecified atom stereocenters. The molecule has 164 valence electrons. The average Bonchev–Trinajstić information content (AvgIpc) is 2.77. The largest absolute Gasteiger partial charge is 0.479 e. The minimum Gasteiger partial charge on any atom is -0.479 e. The van der Waals surface area contributed by atoms with E-state index in [1.165, 1.54) is 0 Å². The topological polar surface area (TPSA) is 98.1 Å². The number of benzene rings is 2. The van der Waals surface area contributed by atoms with Gasteiger partial charge in [-0.3, -0.25) is 0 Å². The number of rotatable bonds is 11. The molecule has 0 aliphatic rings. The van der Waals surface area contributed by atoms with Crippen LogP contribution in [-0.4, -0.2) is 52.7 Å². The van der Waals surface area contributed by atoms with Gasteiger partial charge in [0.05, 0.1) is 18.2 Å². The molecule has 3 aromatic rings. The maximum atomic E-state index is 11.8. The summed E-state index contributed by atoms with van der Waals surface area (Å²) in [5.41, 5.74) is 1.45. The van der Waals surface area contributed by atoms with Crippen LogP contribution in [0.3, 0.4) is 0 Å². The van der Waals surface area contributed by atoms with Crippen LogP contribution in [0.5, 0.6) is 5.88 Å². The molecule has 7 heteroatoms. The molecule has 0 aliphatic heterocycles. The second kappa shape index (κ2) is 10.9. The molecular formula is C24H27NO6. The number of aromatic nitrogens is 1. The number of hydrogen-bond donors (Lipinski definition) is 2. The minimum atomic E-state index is -1.21. The van der Waals surface area contributed by atoms with Crippen molar-refractivity contribution in [1.29, 1.82) is 0 Å². The number of nitrogens with zero attached hydrogens (tertiary/aromatic N) is 1. The van der Waals surface area contributed by atoms with Gasteiger partial charge in [0, 0.05) is 11.5 Å². The lowest BCUT2D eigenvalue weighted by Gasteiger charge is -2.27. The number of carbonyl (C=O) groups is 1. The fourth-order valence-corrected chi connectivity index (χ4v) is 3.13. The number of carboxylic acids is 1. The number of pyridine rings is 1. The third-order valence-corrected chi connectivity index (χ3v) is 4.53. The highest BCUT2D eigenvalue weighted by molar-refractivity contribution is 5.78. The van der Waals surface area contributed by atoms with Crippen molar-refractivity contribution in [2.24, 2.45) is 0 Å². The molecule has 2 aromatic carbocycles. The van der Waals surface area contributed by atoms with Gasteiger partial charge in [-0.05, 0) is 31.5 Å². The molecule has 0 saturated heterocycles. The highest BCUT2D eigenvalue weighted by atomic mass is 16.6. The number of fused-ring (bicyclic) bond motifs is 1. The molecule has 1 aromatic heterocycles. The van der Waals surface area contributed by atoms with Gasteiger partial charge in [-0.15, -0.1) is 0 Å². The third-order valence-electron chi connectivity index (χ3n) is 4.53. The van der Waals surface area contributed by atoms with Crippen LogP contribution in [0.15, 0.2) is 66.7 Å². The van der Waals surface area contributed by atoms with E-state index in [-0.39, 0.29) is 19.3 Å². The van der Waals surface area contributed by atoms with Crippen LogP contribution in [0.2, 0.25) is 0 Å². The quantitative estimate of drug-likeness (QED) is 0.484. The monoisotopic (exact) mass is 425 g/mol. The van der Waals surface area contributed by atoms with E-state index in [1.807, 2.05) is 36.4 Å². The Morgan fingerprint density at radius 3 is 2.39 bits per heavy atom. The van der Waals surface area contributed by atoms with Crippen molar-refractivity contribution in [1.82, 2.24) is 4.98 Å². The van der Waals surface area contributed by atoms with E-state index >= 15 is 0 Å². The van der Waals surface area contributed by atoms with Gasteiger partial charge in [-0.1, -0.05) is 48.5 Å². The second-order valence-electron chi connectivity index (χ2n) is 7.42. The van der Waals surface area contributed by atoms with E-state index in [1.54, 1.807) is 44.2 Å². The van der Waals surface area contributed by atoms with Crippen LogP contribution < -0.4 is 4.74 Å². The fraction of sp³-hybridized carbons (Fsp3) is 0.333. The molecule has 3 rings (SSSR count). The van der Waals surface area contributed by atoms with Crippen LogP contribution in [-0.2, 0) is 14.3 Å². The van der Waals surface area contributed by atoms with Crippen LogP contribution in [0.4, 0.5) is 0 Å². The lowest BCUT2D eigenvalue weighted by molar-refractivity contribution is -0.170. The maximum Gasteiger partial charge on any atom is 0.335 e. The van der Waals surface area contributed by atoms with Gasteiger partial charge >= 0.3 is 5.97 Å². The summed E-state index contributed by atoms with van der Waals surface area (Å²) in [6.07, 6.45) is -3.37. The zero-order valence-electron chi connectivity index (χ0n) is 17.5. The molecule has 31 heavy (non-hydrogen) atoms. The summed E-state index contributed by atoms with van der Waals surface area (Å²) in [5.74, 6) is -0.738. The standard InChI is InChI=1S/C24H27NO6/c1-16(2)31-23(24(27)28)22(18-9-4-3-5-10-18)30-15-19(26)14-29-21-13-12-17-8-6-7-11-20(17)25-21/h3-13,16,19,22-23,26H,14-15H2,1-2H3,(H,27,28). The van der Waals surface area contributed by atoms with Crippen LogP contribution >= 0.6 is 0 Å². The van der Waals surface area contributed by atoms with Crippen molar-refractivity contribution in [3.05, 3.63) is 72.3 Å². The number of para-hydroxylation sites is 1. The molecule has 0 bridgehead atoms. The van der Waals surface area contributed by atoms with Crippen molar-refractivity contribution in [2.75, 3.05) is 13.2 Å². The van der Waals surface area contributed by atoms with Gasteiger partial charge in [0.15, 0.2) is 6.10 Å². The van der Waals surface area contributed by atoms with Gasteiger partial charge < -0.3 is 24.4 Å². The van der Waals surface area contributed by atoms with Crippen molar-refractivity contribution in [3.8, 4) is 5.88 Å². The molecule has 1 heterocycles. The Bertz CT molecular complexity index is 978. The Morgan fingerprint density at radius 2 is 1.68 bits per heavy atom. The van der Waals surface area contributed by atoms with Crippen LogP contribution in [0.1, 0.15) is 25.5 Å². The van der Waals surface area contributed by atoms with Crippen molar-refractivity contribution in [2.45, 2.75) is 38.3 Å². The Kier molecular flexibility index (Phi) is 7.94. The number of hydrogen-bond acceptors (Lipinski definition) is 6. The first-order chi connectivity index (χ1) is 14.9. The molecule has 0 fully saturated rings. The molecule has 0 radical (unpaired) electrons. The Labute approximate surface area is 181 Å². The Balaban J connectivity index is 1.63. The Morgan fingerprint density at radius 1 is 0.968 bits per heavy atom. The average molecular weight is 425 g/mol. The number of ether oxygens (including phenoxy) is 3. The second-order valence-corrected chi connectivity index (χ2v) is 7.42. The molecule has 0 aliphatic carbocycles. The summed E-state index contributed by atoms with van der Waals surface area (Å²) in [7, 11) is 0. The van der Waals surface area contributed by atoms with Gasteiger partial charge in [0.1, 0.15) is 18.8 Å². The lowest BCUT2D eigenvalue weighted by atomic mass is 10.0. The molecule has 0 saturated carbocycles. The van der Waals surface area contributed by atoms with E-state index in [0.717, 1.165) is 10.9 Å². The summed E-state index contributed by atoms with van der Waals surface area (Å²) >= 11 is 0. The minimum absolute atomic E-state index is 0.0460. The molecule has 0 spiro atoms. The van der Waals surface area contributed by atoms with Gasteiger partial charge in [0.2, 0.25) is 5.88 Å². The first-order valence-corrected chi connectivity index (χ1v) is 10.2. The third kappa shape index (κ3) is 6.49. The number of aliphatic carboxylic acids is 1. The molecular weight excluding hydrogens is 398 g/mol. The van der Waals surface area contributed by atoms with Crippen molar-refractivity contribution in [3.63, 3.8) is 0 Å². The lowest BCUT2D eigenvalue weighted by Crippen LogP contribution is -2.36. The predicted octanol–water partition coefficient (Wildman–Crippen LogP) is 3.61. The van der Waals surface area contributed by atoms with E-state index in [0.29, 0.717) is 11.4 Å². The maximum absolute atomic E-state index is 11.8. The first-order valence-electron chi connectivity index (χ1n) is 10.2. The van der Waals surface area contributed by atoms with E-state index < -0.39 is 24.3 Å². The number of aliphatic hydroxyl groups is 1. The summed E-state index contributed by atoms with van der Waals surface area (Å²) in [5, 5.41) is 21.0. The smallest absolute Gasteiger partial charge is 0.335 e. The zero-order valence-corrected chi connectivity index (χ0v) is 17.5. The van der Waals surface area contributed by atoms with Crippen molar-refractivity contribution < 1.29 is 29.2 Å². The highest BCUT2D eigenvalue weighted by Gasteiger charge is 2.32. The summed E-state index contributed by atoms with van der Waals surface area (Å²) in [6.45, 7) is 3.35. The van der Waals surface area contributed by atoms with Crippen molar-refractivity contribution >= 4 is 16.9 Å². The summed E-state index contributed by atoms with van der Waals surface area (Å²) < 4.78 is 17.0. The molecule has 0 amide bonds. The normalized spacial score (nSPS) is 14.3. The van der Waals surface area contributed by atoms with E-state index in [9.17, 15) is 15.0 Å². The molecule has 2 N–H and O–H groups in total.